The van der Waals surface area contributed by atoms with Crippen LogP contribution >= 0.6 is 15.9 Å². The Labute approximate surface area is 124 Å². The van der Waals surface area contributed by atoms with Crippen molar-refractivity contribution in [3.63, 3.8) is 0 Å². The standard InChI is InChI=1S/C15H15BrO4/c1-8-12(14(18)20-15(2,3)4)11-7-9(16)5-6-10(11)13(17)19-8/h5-7H,1-4H3. The second-order valence-electron chi connectivity index (χ2n) is 5.51. The van der Waals surface area contributed by atoms with E-state index in [9.17, 15) is 9.59 Å². The van der Waals surface area contributed by atoms with Crippen molar-refractivity contribution < 1.29 is 13.9 Å². The Kier molecular flexibility index (Phi) is 3.73. The topological polar surface area (TPSA) is 56.5 Å². The number of hydrogen-bond donors (Lipinski definition) is 0. The summed E-state index contributed by atoms with van der Waals surface area (Å²) in [5.74, 6) is -0.239. The molecule has 0 atom stereocenters. The Morgan fingerprint density at radius 3 is 2.50 bits per heavy atom. The molecule has 0 spiro atoms. The molecule has 106 valence electrons. The van der Waals surface area contributed by atoms with E-state index < -0.39 is 17.2 Å². The molecular formula is C15H15BrO4. The molecule has 0 saturated heterocycles. The molecule has 0 aliphatic rings. The zero-order valence-electron chi connectivity index (χ0n) is 11.7. The fourth-order valence-electron chi connectivity index (χ4n) is 1.92. The zero-order chi connectivity index (χ0) is 15.1. The van der Waals surface area contributed by atoms with Crippen LogP contribution in [0.3, 0.4) is 0 Å². The van der Waals surface area contributed by atoms with Gasteiger partial charge in [0.2, 0.25) is 0 Å². The summed E-state index contributed by atoms with van der Waals surface area (Å²) in [5.41, 5.74) is -0.786. The molecular weight excluding hydrogens is 324 g/mol. The summed E-state index contributed by atoms with van der Waals surface area (Å²) in [6.07, 6.45) is 0. The minimum absolute atomic E-state index is 0.259. The van der Waals surface area contributed by atoms with Gasteiger partial charge < -0.3 is 9.15 Å². The van der Waals surface area contributed by atoms with Crippen molar-refractivity contribution >= 4 is 32.7 Å². The third-order valence-electron chi connectivity index (χ3n) is 2.67. The number of fused-ring (bicyclic) bond motifs is 1. The fraction of sp³-hybridized carbons (Fsp3) is 0.333. The lowest BCUT2D eigenvalue weighted by molar-refractivity contribution is 0.00682. The van der Waals surface area contributed by atoms with E-state index in [2.05, 4.69) is 15.9 Å². The molecule has 5 heteroatoms. The molecule has 0 amide bonds. The second-order valence-corrected chi connectivity index (χ2v) is 6.43. The summed E-state index contributed by atoms with van der Waals surface area (Å²) in [7, 11) is 0. The highest BCUT2D eigenvalue weighted by atomic mass is 79.9. The molecule has 0 radical (unpaired) electrons. The number of carbonyl (C=O) groups is 1. The lowest BCUT2D eigenvalue weighted by atomic mass is 10.1. The molecule has 0 aliphatic heterocycles. The van der Waals surface area contributed by atoms with Gasteiger partial charge in [0, 0.05) is 9.86 Å². The molecule has 0 saturated carbocycles. The van der Waals surface area contributed by atoms with Gasteiger partial charge in [-0.3, -0.25) is 0 Å². The van der Waals surface area contributed by atoms with Crippen LogP contribution in [-0.2, 0) is 4.74 Å². The molecule has 0 aliphatic carbocycles. The Bertz CT molecular complexity index is 738. The summed E-state index contributed by atoms with van der Waals surface area (Å²) in [6.45, 7) is 6.95. The first-order chi connectivity index (χ1) is 9.19. The molecule has 0 fully saturated rings. The van der Waals surface area contributed by atoms with E-state index in [1.807, 2.05) is 0 Å². The number of esters is 1. The Hall–Kier alpha value is -1.62. The van der Waals surface area contributed by atoms with Crippen LogP contribution < -0.4 is 5.63 Å². The molecule has 2 aromatic rings. The molecule has 0 N–H and O–H groups in total. The van der Waals surface area contributed by atoms with Gasteiger partial charge in [-0.15, -0.1) is 0 Å². The highest BCUT2D eigenvalue weighted by molar-refractivity contribution is 9.10. The minimum atomic E-state index is -0.613. The molecule has 1 aromatic heterocycles. The largest absolute Gasteiger partial charge is 0.456 e. The van der Waals surface area contributed by atoms with E-state index in [1.165, 1.54) is 0 Å². The molecule has 1 aromatic carbocycles. The number of ether oxygens (including phenoxy) is 1. The van der Waals surface area contributed by atoms with Crippen molar-refractivity contribution in [2.45, 2.75) is 33.3 Å². The van der Waals surface area contributed by atoms with Crippen LogP contribution in [0.25, 0.3) is 10.8 Å². The maximum absolute atomic E-state index is 12.3. The van der Waals surface area contributed by atoms with Gasteiger partial charge in [-0.1, -0.05) is 15.9 Å². The summed E-state index contributed by atoms with van der Waals surface area (Å²) < 4.78 is 11.3. The van der Waals surface area contributed by atoms with E-state index in [0.717, 1.165) is 4.47 Å². The average Bonchev–Trinajstić information content (AvgIpc) is 2.25. The number of hydrogen-bond acceptors (Lipinski definition) is 4. The quantitative estimate of drug-likeness (QED) is 0.741. The van der Waals surface area contributed by atoms with Crippen molar-refractivity contribution in [1.82, 2.24) is 0 Å². The van der Waals surface area contributed by atoms with Crippen LogP contribution in [-0.4, -0.2) is 11.6 Å². The van der Waals surface area contributed by atoms with E-state index in [4.69, 9.17) is 9.15 Å². The van der Waals surface area contributed by atoms with Crippen LogP contribution in [0.1, 0.15) is 36.9 Å². The van der Waals surface area contributed by atoms with Crippen molar-refractivity contribution in [2.75, 3.05) is 0 Å². The van der Waals surface area contributed by atoms with E-state index in [0.29, 0.717) is 10.8 Å². The predicted molar refractivity (Wildman–Crippen MR) is 80.1 cm³/mol. The number of carbonyl (C=O) groups excluding carboxylic acids is 1. The van der Waals surface area contributed by atoms with Gasteiger partial charge in [-0.25, -0.2) is 9.59 Å². The highest BCUT2D eigenvalue weighted by Crippen LogP contribution is 2.25. The molecule has 4 nitrogen and oxygen atoms in total. The third kappa shape index (κ3) is 2.93. The molecule has 2 rings (SSSR count). The number of rotatable bonds is 1. The van der Waals surface area contributed by atoms with E-state index >= 15 is 0 Å². The first-order valence-corrected chi connectivity index (χ1v) is 6.94. The fourth-order valence-corrected chi connectivity index (χ4v) is 2.28. The van der Waals surface area contributed by atoms with Crippen LogP contribution in [0.5, 0.6) is 0 Å². The lowest BCUT2D eigenvalue weighted by Crippen LogP contribution is -2.25. The second kappa shape index (κ2) is 5.05. The van der Waals surface area contributed by atoms with Crippen molar-refractivity contribution in [1.29, 1.82) is 0 Å². The lowest BCUT2D eigenvalue weighted by Gasteiger charge is -2.20. The van der Waals surface area contributed by atoms with Crippen LogP contribution in [0.15, 0.2) is 31.9 Å². The number of halogens is 1. The van der Waals surface area contributed by atoms with E-state index in [-0.39, 0.29) is 11.3 Å². The normalized spacial score (nSPS) is 11.7. The minimum Gasteiger partial charge on any atom is -0.456 e. The summed E-state index contributed by atoms with van der Waals surface area (Å²) in [4.78, 5) is 24.2. The van der Waals surface area contributed by atoms with Crippen LogP contribution in [0, 0.1) is 6.92 Å². The molecule has 1 heterocycles. The van der Waals surface area contributed by atoms with Crippen molar-refractivity contribution in [3.8, 4) is 0 Å². The van der Waals surface area contributed by atoms with Gasteiger partial charge in [-0.2, -0.15) is 0 Å². The van der Waals surface area contributed by atoms with Crippen LogP contribution in [0.2, 0.25) is 0 Å². The molecule has 0 bridgehead atoms. The zero-order valence-corrected chi connectivity index (χ0v) is 13.3. The third-order valence-corrected chi connectivity index (χ3v) is 3.16. The Morgan fingerprint density at radius 2 is 1.90 bits per heavy atom. The first kappa shape index (κ1) is 14.8. The smallest absolute Gasteiger partial charge is 0.343 e. The monoisotopic (exact) mass is 338 g/mol. The highest BCUT2D eigenvalue weighted by Gasteiger charge is 2.23. The van der Waals surface area contributed by atoms with Crippen molar-refractivity contribution in [3.05, 3.63) is 44.4 Å². The Balaban J connectivity index is 2.72. The first-order valence-electron chi connectivity index (χ1n) is 6.15. The maximum Gasteiger partial charge on any atom is 0.343 e. The SMILES string of the molecule is Cc1oc(=O)c2ccc(Br)cc2c1C(=O)OC(C)(C)C. The average molecular weight is 339 g/mol. The summed E-state index contributed by atoms with van der Waals surface area (Å²) in [5, 5.41) is 0.891. The Morgan fingerprint density at radius 1 is 1.25 bits per heavy atom. The summed E-state index contributed by atoms with van der Waals surface area (Å²) in [6, 6.07) is 5.07. The van der Waals surface area contributed by atoms with Gasteiger partial charge in [0.1, 0.15) is 16.9 Å². The number of benzene rings is 1. The van der Waals surface area contributed by atoms with Gasteiger partial charge >= 0.3 is 11.6 Å². The van der Waals surface area contributed by atoms with Gasteiger partial charge in [0.15, 0.2) is 0 Å². The number of aryl methyl sites for hydroxylation is 1. The summed E-state index contributed by atoms with van der Waals surface area (Å²) >= 11 is 3.34. The van der Waals surface area contributed by atoms with Crippen molar-refractivity contribution in [2.24, 2.45) is 0 Å². The molecule has 0 unspecified atom stereocenters. The van der Waals surface area contributed by atoms with Gasteiger partial charge in [0.05, 0.1) is 5.39 Å². The van der Waals surface area contributed by atoms with Gasteiger partial charge in [0.25, 0.3) is 0 Å². The predicted octanol–water partition coefficient (Wildman–Crippen LogP) is 3.82. The molecule has 20 heavy (non-hydrogen) atoms. The van der Waals surface area contributed by atoms with Crippen LogP contribution in [0.4, 0.5) is 0 Å². The maximum atomic E-state index is 12.3. The van der Waals surface area contributed by atoms with E-state index in [1.54, 1.807) is 45.9 Å². The van der Waals surface area contributed by atoms with Gasteiger partial charge in [-0.05, 0) is 45.9 Å².